The summed E-state index contributed by atoms with van der Waals surface area (Å²) in [6.45, 7) is 0. The maximum atomic E-state index is 13.1. The van der Waals surface area contributed by atoms with Crippen molar-refractivity contribution in [2.75, 3.05) is 0 Å². The molecule has 0 saturated carbocycles. The van der Waals surface area contributed by atoms with E-state index in [4.69, 9.17) is 10.5 Å². The van der Waals surface area contributed by atoms with Gasteiger partial charge in [0.1, 0.15) is 23.2 Å². The van der Waals surface area contributed by atoms with Crippen LogP contribution in [0.25, 0.3) is 0 Å². The Bertz CT molecular complexity index is 729. The van der Waals surface area contributed by atoms with Gasteiger partial charge < -0.3 is 10.5 Å². The number of nitrogens with two attached hydrogens (primary N) is 1. The summed E-state index contributed by atoms with van der Waals surface area (Å²) in [4.78, 5) is 0. The van der Waals surface area contributed by atoms with Crippen LogP contribution in [0.5, 0.6) is 5.75 Å². The third-order valence-corrected chi connectivity index (χ3v) is 3.33. The molecule has 3 rings (SSSR count). The zero-order chi connectivity index (χ0) is 14.1. The molecule has 2 aromatic carbocycles. The third kappa shape index (κ3) is 1.90. The van der Waals surface area contributed by atoms with Crippen molar-refractivity contribution in [3.05, 3.63) is 76.9 Å². The highest BCUT2D eigenvalue weighted by atomic mass is 19.1. The van der Waals surface area contributed by atoms with Gasteiger partial charge in [-0.1, -0.05) is 30.3 Å². The Morgan fingerprint density at radius 1 is 1.10 bits per heavy atom. The highest BCUT2D eigenvalue weighted by molar-refractivity contribution is 5.55. The van der Waals surface area contributed by atoms with Crippen LogP contribution in [0.2, 0.25) is 0 Å². The van der Waals surface area contributed by atoms with Gasteiger partial charge in [-0.3, -0.25) is 0 Å². The molecule has 3 nitrogen and oxygen atoms in total. The largest absolute Gasteiger partial charge is 0.440 e. The Morgan fingerprint density at radius 2 is 1.80 bits per heavy atom. The van der Waals surface area contributed by atoms with Crippen molar-refractivity contribution in [1.29, 1.82) is 5.26 Å². The molecule has 2 N–H and O–H groups in total. The number of fused-ring (bicyclic) bond motifs is 1. The topological polar surface area (TPSA) is 59.0 Å². The molecule has 0 saturated heterocycles. The highest BCUT2D eigenvalue weighted by Crippen LogP contribution is 2.41. The van der Waals surface area contributed by atoms with E-state index in [1.54, 1.807) is 18.2 Å². The number of halogens is 1. The van der Waals surface area contributed by atoms with Gasteiger partial charge in [0.15, 0.2) is 0 Å². The fraction of sp³-hybridized carbons (Fsp3) is 0.0625. The van der Waals surface area contributed by atoms with Crippen LogP contribution in [0.1, 0.15) is 17.0 Å². The Kier molecular flexibility index (Phi) is 2.88. The summed E-state index contributed by atoms with van der Waals surface area (Å²) in [7, 11) is 0. The van der Waals surface area contributed by atoms with Crippen LogP contribution >= 0.6 is 0 Å². The smallest absolute Gasteiger partial charge is 0.205 e. The van der Waals surface area contributed by atoms with E-state index in [0.717, 1.165) is 11.1 Å². The van der Waals surface area contributed by atoms with E-state index in [-0.39, 0.29) is 17.6 Å². The first-order valence-corrected chi connectivity index (χ1v) is 6.12. The van der Waals surface area contributed by atoms with Crippen LogP contribution in [0.15, 0.2) is 60.0 Å². The van der Waals surface area contributed by atoms with E-state index in [1.165, 1.54) is 12.1 Å². The van der Waals surface area contributed by atoms with Crippen molar-refractivity contribution in [2.24, 2.45) is 5.73 Å². The van der Waals surface area contributed by atoms with Crippen LogP contribution in [-0.2, 0) is 0 Å². The lowest BCUT2D eigenvalue weighted by molar-refractivity contribution is 0.393. The van der Waals surface area contributed by atoms with Crippen molar-refractivity contribution < 1.29 is 9.13 Å². The predicted molar refractivity (Wildman–Crippen MR) is 72.1 cm³/mol. The number of allylic oxidation sites excluding steroid dienone is 1. The summed E-state index contributed by atoms with van der Waals surface area (Å²) in [5, 5.41) is 9.33. The average molecular weight is 266 g/mol. The van der Waals surface area contributed by atoms with Crippen molar-refractivity contribution in [3.8, 4) is 11.8 Å². The zero-order valence-corrected chi connectivity index (χ0v) is 10.5. The molecule has 1 aliphatic heterocycles. The molecular weight excluding hydrogens is 255 g/mol. The first-order chi connectivity index (χ1) is 9.70. The number of nitrogens with zero attached hydrogens (tertiary/aromatic N) is 1. The van der Waals surface area contributed by atoms with Gasteiger partial charge >= 0.3 is 0 Å². The van der Waals surface area contributed by atoms with Crippen molar-refractivity contribution >= 4 is 0 Å². The van der Waals surface area contributed by atoms with E-state index in [2.05, 4.69) is 6.07 Å². The molecule has 0 radical (unpaired) electrons. The molecule has 1 heterocycles. The summed E-state index contributed by atoms with van der Waals surface area (Å²) in [5.74, 6) is 0.0777. The second-order valence-corrected chi connectivity index (χ2v) is 4.51. The maximum Gasteiger partial charge on any atom is 0.205 e. The van der Waals surface area contributed by atoms with Gasteiger partial charge in [-0.2, -0.15) is 5.26 Å². The molecule has 0 bridgehead atoms. The Labute approximate surface area is 115 Å². The van der Waals surface area contributed by atoms with Gasteiger partial charge in [-0.25, -0.2) is 4.39 Å². The van der Waals surface area contributed by atoms with Gasteiger partial charge in [0, 0.05) is 5.56 Å². The SMILES string of the molecule is N#CC1=C(N)Oc2ccccc2[C@@H]1c1ccc(F)cc1. The van der Waals surface area contributed by atoms with Crippen LogP contribution in [-0.4, -0.2) is 0 Å². The first kappa shape index (κ1) is 12.2. The van der Waals surface area contributed by atoms with E-state index in [0.29, 0.717) is 11.3 Å². The van der Waals surface area contributed by atoms with Gasteiger partial charge in [0.25, 0.3) is 0 Å². The van der Waals surface area contributed by atoms with Crippen LogP contribution in [0, 0.1) is 17.1 Å². The van der Waals surface area contributed by atoms with E-state index < -0.39 is 0 Å². The molecule has 0 unspecified atom stereocenters. The molecule has 1 aliphatic rings. The molecule has 1 atom stereocenters. The van der Waals surface area contributed by atoms with Crippen LogP contribution in [0.4, 0.5) is 4.39 Å². The van der Waals surface area contributed by atoms with Gasteiger partial charge in [0.05, 0.1) is 5.92 Å². The summed E-state index contributed by atoms with van der Waals surface area (Å²) < 4.78 is 18.6. The van der Waals surface area contributed by atoms with Gasteiger partial charge in [-0.15, -0.1) is 0 Å². The monoisotopic (exact) mass is 266 g/mol. The Hall–Kier alpha value is -2.80. The fourth-order valence-electron chi connectivity index (χ4n) is 2.40. The predicted octanol–water partition coefficient (Wildman–Crippen LogP) is 3.04. The molecule has 20 heavy (non-hydrogen) atoms. The van der Waals surface area contributed by atoms with Crippen molar-refractivity contribution in [3.63, 3.8) is 0 Å². The van der Waals surface area contributed by atoms with Crippen molar-refractivity contribution in [1.82, 2.24) is 0 Å². The summed E-state index contributed by atoms with van der Waals surface area (Å²) in [6.07, 6.45) is 0. The molecule has 4 heteroatoms. The van der Waals surface area contributed by atoms with Gasteiger partial charge in [-0.05, 0) is 23.8 Å². The molecule has 0 spiro atoms. The highest BCUT2D eigenvalue weighted by Gasteiger charge is 2.30. The summed E-state index contributed by atoms with van der Waals surface area (Å²) in [6, 6.07) is 15.5. The number of nitriles is 1. The van der Waals surface area contributed by atoms with Crippen molar-refractivity contribution in [2.45, 2.75) is 5.92 Å². The lowest BCUT2D eigenvalue weighted by atomic mass is 9.84. The lowest BCUT2D eigenvalue weighted by Crippen LogP contribution is -2.20. The third-order valence-electron chi connectivity index (χ3n) is 3.33. The molecule has 0 amide bonds. The van der Waals surface area contributed by atoms with E-state index in [1.807, 2.05) is 18.2 Å². The zero-order valence-electron chi connectivity index (χ0n) is 10.5. The first-order valence-electron chi connectivity index (χ1n) is 6.12. The Balaban J connectivity index is 2.20. The number of para-hydroxylation sites is 1. The number of ether oxygens (including phenoxy) is 1. The average Bonchev–Trinajstić information content (AvgIpc) is 2.47. The van der Waals surface area contributed by atoms with Crippen LogP contribution < -0.4 is 10.5 Å². The standard InChI is InChI=1S/C16H11FN2O/c17-11-7-5-10(6-8-11)15-12-3-1-2-4-14(12)20-16(19)13(15)9-18/h1-8,15H,19H2/t15-/m0/s1. The number of benzene rings is 2. The number of hydrogen-bond donors (Lipinski definition) is 1. The van der Waals surface area contributed by atoms with Crippen LogP contribution in [0.3, 0.4) is 0 Å². The molecule has 0 fully saturated rings. The Morgan fingerprint density at radius 3 is 2.50 bits per heavy atom. The number of hydrogen-bond acceptors (Lipinski definition) is 3. The van der Waals surface area contributed by atoms with E-state index >= 15 is 0 Å². The molecule has 0 aliphatic carbocycles. The minimum Gasteiger partial charge on any atom is -0.440 e. The quantitative estimate of drug-likeness (QED) is 0.863. The minimum atomic E-state index is -0.328. The second kappa shape index (κ2) is 4.71. The molecule has 98 valence electrons. The summed E-state index contributed by atoms with van der Waals surface area (Å²) in [5.41, 5.74) is 7.82. The summed E-state index contributed by atoms with van der Waals surface area (Å²) >= 11 is 0. The minimum absolute atomic E-state index is 0.0977. The normalized spacial score (nSPS) is 17.1. The number of rotatable bonds is 1. The fourth-order valence-corrected chi connectivity index (χ4v) is 2.40. The lowest BCUT2D eigenvalue weighted by Gasteiger charge is -2.26. The maximum absolute atomic E-state index is 13.1. The molecule has 2 aromatic rings. The molecule has 0 aromatic heterocycles. The van der Waals surface area contributed by atoms with E-state index in [9.17, 15) is 9.65 Å². The van der Waals surface area contributed by atoms with Gasteiger partial charge in [0.2, 0.25) is 5.88 Å². The molecular formula is C16H11FN2O. The second-order valence-electron chi connectivity index (χ2n) is 4.51.